The number of hydrogen-bond donors (Lipinski definition) is 2. The van der Waals surface area contributed by atoms with Gasteiger partial charge in [0, 0.05) is 37.4 Å². The van der Waals surface area contributed by atoms with Gasteiger partial charge >= 0.3 is 0 Å². The first-order valence-electron chi connectivity index (χ1n) is 6.47. The van der Waals surface area contributed by atoms with Gasteiger partial charge in [-0.1, -0.05) is 0 Å². The summed E-state index contributed by atoms with van der Waals surface area (Å²) in [5.74, 6) is 0.766. The fraction of sp³-hybridized carbons (Fsp3) is 0.500. The standard InChI is InChI=1S/C14H20N2O3/c1-10-9-19-13-4-3-11(7-12(13)8-16-10)14(17)15-5-6-18-2/h3-4,7,10,16H,5-6,8-9H2,1-2H3,(H,15,17)/t10-/m0/s1. The largest absolute Gasteiger partial charge is 0.492 e. The Labute approximate surface area is 113 Å². The summed E-state index contributed by atoms with van der Waals surface area (Å²) < 4.78 is 10.6. The van der Waals surface area contributed by atoms with E-state index in [1.54, 1.807) is 13.2 Å². The number of carbonyl (C=O) groups excluding carboxylic acids is 1. The zero-order chi connectivity index (χ0) is 13.7. The van der Waals surface area contributed by atoms with Crippen molar-refractivity contribution in [3.05, 3.63) is 29.3 Å². The molecule has 0 radical (unpaired) electrons. The number of fused-ring (bicyclic) bond motifs is 1. The zero-order valence-corrected chi connectivity index (χ0v) is 11.4. The Bertz CT molecular complexity index is 448. The normalized spacial score (nSPS) is 18.1. The van der Waals surface area contributed by atoms with E-state index >= 15 is 0 Å². The second kappa shape index (κ2) is 6.54. The number of amides is 1. The number of nitrogens with one attached hydrogen (secondary N) is 2. The third-order valence-electron chi connectivity index (χ3n) is 3.04. The lowest BCUT2D eigenvalue weighted by molar-refractivity contribution is 0.0937. The van der Waals surface area contributed by atoms with Crippen molar-refractivity contribution in [2.45, 2.75) is 19.5 Å². The average molecular weight is 264 g/mol. The molecule has 1 atom stereocenters. The Kier molecular flexibility index (Phi) is 4.76. The molecule has 0 aliphatic carbocycles. The first kappa shape index (κ1) is 13.8. The van der Waals surface area contributed by atoms with Crippen LogP contribution >= 0.6 is 0 Å². The topological polar surface area (TPSA) is 59.6 Å². The summed E-state index contributed by atoms with van der Waals surface area (Å²) in [7, 11) is 1.61. The molecule has 104 valence electrons. The van der Waals surface area contributed by atoms with E-state index in [1.807, 2.05) is 12.1 Å². The average Bonchev–Trinajstić information content (AvgIpc) is 2.61. The molecule has 1 aliphatic rings. The monoisotopic (exact) mass is 264 g/mol. The summed E-state index contributed by atoms with van der Waals surface area (Å²) in [6.45, 7) is 4.46. The molecule has 0 bridgehead atoms. The second-order valence-electron chi connectivity index (χ2n) is 4.66. The maximum absolute atomic E-state index is 11.9. The van der Waals surface area contributed by atoms with Crippen molar-refractivity contribution in [3.63, 3.8) is 0 Å². The summed E-state index contributed by atoms with van der Waals surface area (Å²) in [4.78, 5) is 11.9. The number of methoxy groups -OCH3 is 1. The molecule has 0 aromatic heterocycles. The van der Waals surface area contributed by atoms with Crippen molar-refractivity contribution in [2.24, 2.45) is 0 Å². The molecule has 0 spiro atoms. The maximum Gasteiger partial charge on any atom is 0.251 e. The van der Waals surface area contributed by atoms with Gasteiger partial charge in [0.25, 0.3) is 5.91 Å². The van der Waals surface area contributed by atoms with Crippen LogP contribution in [-0.4, -0.2) is 38.8 Å². The highest BCUT2D eigenvalue weighted by atomic mass is 16.5. The smallest absolute Gasteiger partial charge is 0.251 e. The summed E-state index contributed by atoms with van der Waals surface area (Å²) in [5.41, 5.74) is 1.67. The van der Waals surface area contributed by atoms with Gasteiger partial charge in [-0.05, 0) is 25.1 Å². The van der Waals surface area contributed by atoms with E-state index in [-0.39, 0.29) is 5.91 Å². The minimum absolute atomic E-state index is 0.0860. The summed E-state index contributed by atoms with van der Waals surface area (Å²) in [6.07, 6.45) is 0. The molecule has 0 fully saturated rings. The fourth-order valence-corrected chi connectivity index (χ4v) is 1.93. The van der Waals surface area contributed by atoms with E-state index in [1.165, 1.54) is 0 Å². The van der Waals surface area contributed by atoms with Gasteiger partial charge in [-0.3, -0.25) is 4.79 Å². The Morgan fingerprint density at radius 2 is 2.42 bits per heavy atom. The van der Waals surface area contributed by atoms with Gasteiger partial charge in [-0.2, -0.15) is 0 Å². The maximum atomic E-state index is 11.9. The highest BCUT2D eigenvalue weighted by Crippen LogP contribution is 2.22. The lowest BCUT2D eigenvalue weighted by Crippen LogP contribution is -2.28. The van der Waals surface area contributed by atoms with E-state index in [0.29, 0.717) is 31.4 Å². The SMILES string of the molecule is COCCNC(=O)c1ccc2c(c1)CN[C@@H](C)CO2. The van der Waals surface area contributed by atoms with Gasteiger partial charge in [-0.25, -0.2) is 0 Å². The highest BCUT2D eigenvalue weighted by molar-refractivity contribution is 5.94. The van der Waals surface area contributed by atoms with Gasteiger partial charge in [0.15, 0.2) is 0 Å². The fourth-order valence-electron chi connectivity index (χ4n) is 1.93. The Morgan fingerprint density at radius 3 is 3.21 bits per heavy atom. The van der Waals surface area contributed by atoms with E-state index in [4.69, 9.17) is 9.47 Å². The molecule has 19 heavy (non-hydrogen) atoms. The molecule has 1 aromatic rings. The van der Waals surface area contributed by atoms with Crippen LogP contribution in [0.3, 0.4) is 0 Å². The van der Waals surface area contributed by atoms with Crippen molar-refractivity contribution in [1.29, 1.82) is 0 Å². The molecule has 5 heteroatoms. The summed E-state index contributed by atoms with van der Waals surface area (Å²) in [6, 6.07) is 5.84. The van der Waals surface area contributed by atoms with Gasteiger partial charge in [-0.15, -0.1) is 0 Å². The number of rotatable bonds is 4. The Hall–Kier alpha value is -1.59. The minimum Gasteiger partial charge on any atom is -0.492 e. The molecule has 1 amide bonds. The van der Waals surface area contributed by atoms with E-state index in [9.17, 15) is 4.79 Å². The van der Waals surface area contributed by atoms with E-state index in [0.717, 1.165) is 17.9 Å². The predicted molar refractivity (Wildman–Crippen MR) is 72.4 cm³/mol. The molecule has 1 aliphatic heterocycles. The first-order chi connectivity index (χ1) is 9.20. The number of hydrogen-bond acceptors (Lipinski definition) is 4. The zero-order valence-electron chi connectivity index (χ0n) is 11.4. The van der Waals surface area contributed by atoms with Crippen LogP contribution in [0, 0.1) is 0 Å². The van der Waals surface area contributed by atoms with E-state index < -0.39 is 0 Å². The van der Waals surface area contributed by atoms with Crippen LogP contribution in [-0.2, 0) is 11.3 Å². The second-order valence-corrected chi connectivity index (χ2v) is 4.66. The highest BCUT2D eigenvalue weighted by Gasteiger charge is 2.15. The lowest BCUT2D eigenvalue weighted by Gasteiger charge is -2.09. The molecule has 0 unspecified atom stereocenters. The van der Waals surface area contributed by atoms with Gasteiger partial charge in [0.05, 0.1) is 6.61 Å². The molecule has 5 nitrogen and oxygen atoms in total. The quantitative estimate of drug-likeness (QED) is 0.794. The first-order valence-corrected chi connectivity index (χ1v) is 6.47. The predicted octanol–water partition coefficient (Wildman–Crippen LogP) is 0.933. The van der Waals surface area contributed by atoms with Crippen LogP contribution < -0.4 is 15.4 Å². The van der Waals surface area contributed by atoms with Crippen molar-refractivity contribution in [3.8, 4) is 5.75 Å². The van der Waals surface area contributed by atoms with Crippen LogP contribution in [0.15, 0.2) is 18.2 Å². The number of ether oxygens (including phenoxy) is 2. The van der Waals surface area contributed by atoms with Gasteiger partial charge < -0.3 is 20.1 Å². The molecule has 1 heterocycles. The molecular weight excluding hydrogens is 244 g/mol. The summed E-state index contributed by atoms with van der Waals surface area (Å²) in [5, 5.41) is 6.15. The van der Waals surface area contributed by atoms with Crippen LogP contribution in [0.5, 0.6) is 5.75 Å². The Morgan fingerprint density at radius 1 is 1.58 bits per heavy atom. The molecule has 1 aromatic carbocycles. The van der Waals surface area contributed by atoms with Crippen molar-refractivity contribution in [2.75, 3.05) is 26.9 Å². The number of carbonyl (C=O) groups is 1. The Balaban J connectivity index is 2.06. The van der Waals surface area contributed by atoms with Gasteiger partial charge in [0.1, 0.15) is 12.4 Å². The molecule has 2 rings (SSSR count). The molecular formula is C14H20N2O3. The van der Waals surface area contributed by atoms with Crippen LogP contribution in [0.4, 0.5) is 0 Å². The van der Waals surface area contributed by atoms with Crippen molar-refractivity contribution >= 4 is 5.91 Å². The van der Waals surface area contributed by atoms with Crippen molar-refractivity contribution in [1.82, 2.24) is 10.6 Å². The molecule has 0 saturated heterocycles. The minimum atomic E-state index is -0.0860. The van der Waals surface area contributed by atoms with Gasteiger partial charge in [0.2, 0.25) is 0 Å². The number of benzene rings is 1. The van der Waals surface area contributed by atoms with Crippen LogP contribution in [0.1, 0.15) is 22.8 Å². The third-order valence-corrected chi connectivity index (χ3v) is 3.04. The molecule has 2 N–H and O–H groups in total. The third kappa shape index (κ3) is 3.68. The molecule has 0 saturated carbocycles. The van der Waals surface area contributed by atoms with Crippen LogP contribution in [0.2, 0.25) is 0 Å². The lowest BCUT2D eigenvalue weighted by atomic mass is 10.1. The van der Waals surface area contributed by atoms with Crippen molar-refractivity contribution < 1.29 is 14.3 Å². The summed E-state index contributed by atoms with van der Waals surface area (Å²) >= 11 is 0. The van der Waals surface area contributed by atoms with E-state index in [2.05, 4.69) is 17.6 Å². The van der Waals surface area contributed by atoms with Crippen LogP contribution in [0.25, 0.3) is 0 Å².